The van der Waals surface area contributed by atoms with E-state index in [1.165, 1.54) is 48.6 Å². The lowest BCUT2D eigenvalue weighted by molar-refractivity contribution is 0.484. The van der Waals surface area contributed by atoms with Crippen LogP contribution in [0.5, 0.6) is 11.5 Å². The molecule has 0 aliphatic rings. The van der Waals surface area contributed by atoms with Gasteiger partial charge in [0, 0.05) is 8.95 Å². The van der Waals surface area contributed by atoms with E-state index in [-0.39, 0.29) is 21.3 Å². The summed E-state index contributed by atoms with van der Waals surface area (Å²) in [5.74, 6) is 0.346. The number of hydrogen-bond donors (Lipinski definition) is 0. The summed E-state index contributed by atoms with van der Waals surface area (Å²) in [4.78, 5) is -0.168. The minimum Gasteiger partial charge on any atom is -0.379 e. The van der Waals surface area contributed by atoms with E-state index in [9.17, 15) is 16.8 Å². The van der Waals surface area contributed by atoms with Crippen LogP contribution >= 0.6 is 31.9 Å². The van der Waals surface area contributed by atoms with Gasteiger partial charge in [-0.15, -0.1) is 0 Å². The summed E-state index contributed by atoms with van der Waals surface area (Å²) in [6.45, 7) is 0. The third-order valence-corrected chi connectivity index (χ3v) is 8.43. The van der Waals surface area contributed by atoms with Crippen LogP contribution in [0.2, 0.25) is 0 Å². The Morgan fingerprint density at radius 2 is 0.889 bits per heavy atom. The zero-order valence-corrected chi connectivity index (χ0v) is 23.2. The van der Waals surface area contributed by atoms with E-state index >= 15 is 0 Å². The minimum absolute atomic E-state index is 0.0842. The van der Waals surface area contributed by atoms with E-state index in [1.54, 1.807) is 60.7 Å². The van der Waals surface area contributed by atoms with Gasteiger partial charge in [-0.25, -0.2) is 0 Å². The van der Waals surface area contributed by atoms with Gasteiger partial charge in [0.25, 0.3) is 0 Å². The molecule has 0 spiro atoms. The summed E-state index contributed by atoms with van der Waals surface area (Å²) in [5.41, 5.74) is 0.619. The smallest absolute Gasteiger partial charge is 0.339 e. The Morgan fingerprint density at radius 1 is 0.528 bits per heavy atom. The minimum atomic E-state index is -4.19. The molecule has 0 amide bonds. The van der Waals surface area contributed by atoms with Crippen LogP contribution in [0.1, 0.15) is 11.1 Å². The van der Waals surface area contributed by atoms with Crippen molar-refractivity contribution in [1.29, 1.82) is 0 Å². The fraction of sp³-hybridized carbons (Fsp3) is 0. The number of hydrogen-bond acceptors (Lipinski definition) is 6. The summed E-state index contributed by atoms with van der Waals surface area (Å²) >= 11 is 6.60. The fourth-order valence-electron chi connectivity index (χ4n) is 3.20. The zero-order valence-electron chi connectivity index (χ0n) is 18.4. The molecule has 0 radical (unpaired) electrons. The second kappa shape index (κ2) is 11.0. The summed E-state index contributed by atoms with van der Waals surface area (Å²) in [5, 5.41) is 0. The van der Waals surface area contributed by atoms with E-state index in [0.29, 0.717) is 20.1 Å². The van der Waals surface area contributed by atoms with Gasteiger partial charge in [-0.05, 0) is 59.7 Å². The quantitative estimate of drug-likeness (QED) is 0.152. The molecule has 0 heterocycles. The van der Waals surface area contributed by atoms with Crippen LogP contribution in [-0.4, -0.2) is 16.8 Å². The molecule has 0 fully saturated rings. The van der Waals surface area contributed by atoms with Crippen LogP contribution in [0.4, 0.5) is 0 Å². The molecule has 0 aromatic heterocycles. The van der Waals surface area contributed by atoms with Gasteiger partial charge in [0.05, 0.1) is 0 Å². The monoisotopic (exact) mass is 648 g/mol. The molecular weight excluding hydrogens is 632 g/mol. The first-order valence-corrected chi connectivity index (χ1v) is 14.8. The first-order valence-electron chi connectivity index (χ1n) is 10.4. The maximum absolute atomic E-state index is 13.1. The van der Waals surface area contributed by atoms with Crippen molar-refractivity contribution in [2.75, 3.05) is 0 Å². The fourth-order valence-corrected chi connectivity index (χ4v) is 6.53. The SMILES string of the molecule is O=S(=O)(Oc1ccccc1)c1cc(Br)ccc1C=Cc1ccc(Br)cc1S(=O)(=O)Oc1ccccc1. The number of benzene rings is 4. The zero-order chi connectivity index (χ0) is 25.8. The Bertz CT molecular complexity index is 1500. The molecule has 4 rings (SSSR count). The summed E-state index contributed by atoms with van der Waals surface area (Å²) in [7, 11) is -8.38. The molecule has 0 aliphatic carbocycles. The van der Waals surface area contributed by atoms with Crippen molar-refractivity contribution in [3.05, 3.63) is 117 Å². The Kier molecular flexibility index (Phi) is 7.99. The summed E-state index contributed by atoms with van der Waals surface area (Å²) in [6.07, 6.45) is 3.02. The van der Waals surface area contributed by atoms with E-state index in [0.717, 1.165) is 0 Å². The lowest BCUT2D eigenvalue weighted by Crippen LogP contribution is -2.12. The second-order valence-electron chi connectivity index (χ2n) is 7.40. The summed E-state index contributed by atoms with van der Waals surface area (Å²) in [6, 6.07) is 25.7. The predicted octanol–water partition coefficient (Wildman–Crippen LogP) is 6.92. The topological polar surface area (TPSA) is 86.7 Å². The highest BCUT2D eigenvalue weighted by Gasteiger charge is 2.22. The van der Waals surface area contributed by atoms with E-state index in [1.807, 2.05) is 0 Å². The van der Waals surface area contributed by atoms with Crippen molar-refractivity contribution in [1.82, 2.24) is 0 Å². The third-order valence-electron chi connectivity index (χ3n) is 4.83. The molecule has 0 atom stereocenters. The van der Waals surface area contributed by atoms with Gasteiger partial charge in [-0.3, -0.25) is 0 Å². The molecule has 0 saturated carbocycles. The molecule has 184 valence electrons. The maximum atomic E-state index is 13.1. The first kappa shape index (κ1) is 26.2. The number of halogens is 2. The van der Waals surface area contributed by atoms with E-state index < -0.39 is 20.2 Å². The van der Waals surface area contributed by atoms with Crippen LogP contribution in [0.15, 0.2) is 116 Å². The third kappa shape index (κ3) is 6.44. The van der Waals surface area contributed by atoms with Crippen molar-refractivity contribution in [3.63, 3.8) is 0 Å². The van der Waals surface area contributed by atoms with Gasteiger partial charge in [-0.1, -0.05) is 92.5 Å². The Balaban J connectivity index is 1.72. The van der Waals surface area contributed by atoms with Crippen molar-refractivity contribution in [3.8, 4) is 11.5 Å². The average molecular weight is 650 g/mol. The number of para-hydroxylation sites is 2. The Labute approximate surface area is 226 Å². The molecule has 4 aromatic rings. The van der Waals surface area contributed by atoms with Crippen molar-refractivity contribution in [2.24, 2.45) is 0 Å². The van der Waals surface area contributed by atoms with Gasteiger partial charge in [0.1, 0.15) is 21.3 Å². The van der Waals surface area contributed by atoms with Gasteiger partial charge in [-0.2, -0.15) is 16.8 Å². The van der Waals surface area contributed by atoms with Gasteiger partial charge >= 0.3 is 20.2 Å². The maximum Gasteiger partial charge on any atom is 0.339 e. The van der Waals surface area contributed by atoms with Crippen LogP contribution in [0.3, 0.4) is 0 Å². The van der Waals surface area contributed by atoms with Crippen LogP contribution < -0.4 is 8.37 Å². The van der Waals surface area contributed by atoms with Gasteiger partial charge in [0.15, 0.2) is 0 Å². The molecular formula is C26H18Br2O6S2. The molecule has 0 aliphatic heterocycles. The highest BCUT2D eigenvalue weighted by molar-refractivity contribution is 9.10. The highest BCUT2D eigenvalue weighted by atomic mass is 79.9. The van der Waals surface area contributed by atoms with E-state index in [4.69, 9.17) is 8.37 Å². The average Bonchev–Trinajstić information content (AvgIpc) is 2.84. The molecule has 10 heteroatoms. The van der Waals surface area contributed by atoms with Crippen molar-refractivity contribution < 1.29 is 25.2 Å². The molecule has 0 N–H and O–H groups in total. The standard InChI is InChI=1S/C26H18Br2O6S2/c27-21-15-13-19(25(17-21)35(29,30)33-23-7-3-1-4-8-23)11-12-20-14-16-22(28)18-26(20)36(31,32)34-24-9-5-2-6-10-24/h1-18H. The van der Waals surface area contributed by atoms with Crippen molar-refractivity contribution >= 4 is 64.2 Å². The van der Waals surface area contributed by atoms with Crippen LogP contribution in [0.25, 0.3) is 12.2 Å². The normalized spacial score (nSPS) is 11.9. The largest absolute Gasteiger partial charge is 0.379 e. The summed E-state index contributed by atoms with van der Waals surface area (Å²) < 4.78 is 63.9. The molecule has 0 unspecified atom stereocenters. The lowest BCUT2D eigenvalue weighted by Gasteiger charge is -2.11. The number of rotatable bonds is 8. The van der Waals surface area contributed by atoms with Crippen molar-refractivity contribution in [2.45, 2.75) is 9.79 Å². The van der Waals surface area contributed by atoms with Crippen LogP contribution in [-0.2, 0) is 20.2 Å². The Morgan fingerprint density at radius 3 is 1.25 bits per heavy atom. The van der Waals surface area contributed by atoms with Gasteiger partial charge < -0.3 is 8.37 Å². The molecule has 6 nitrogen and oxygen atoms in total. The molecule has 36 heavy (non-hydrogen) atoms. The molecule has 0 bridgehead atoms. The molecule has 0 saturated heterocycles. The first-order chi connectivity index (χ1) is 17.1. The van der Waals surface area contributed by atoms with E-state index in [2.05, 4.69) is 31.9 Å². The van der Waals surface area contributed by atoms with Gasteiger partial charge in [0.2, 0.25) is 0 Å². The Hall–Kier alpha value is -2.92. The highest BCUT2D eigenvalue weighted by Crippen LogP contribution is 2.29. The van der Waals surface area contributed by atoms with Crippen LogP contribution in [0, 0.1) is 0 Å². The second-order valence-corrected chi connectivity index (χ2v) is 12.3. The predicted molar refractivity (Wildman–Crippen MR) is 146 cm³/mol. The lowest BCUT2D eigenvalue weighted by atomic mass is 10.1. The molecule has 4 aromatic carbocycles.